The van der Waals surface area contributed by atoms with E-state index in [1.54, 1.807) is 36.4 Å². The first-order valence-electron chi connectivity index (χ1n) is 6.51. The molecule has 0 radical (unpaired) electrons. The van der Waals surface area contributed by atoms with E-state index in [4.69, 9.17) is 11.6 Å². The molecule has 1 aliphatic heterocycles. The number of amides is 1. The third-order valence-corrected chi connectivity index (χ3v) is 5.30. The molecule has 1 aliphatic rings. The number of hydrogen-bond acceptors (Lipinski definition) is 2. The molecule has 2 aromatic rings. The van der Waals surface area contributed by atoms with Gasteiger partial charge in [-0.2, -0.15) is 0 Å². The van der Waals surface area contributed by atoms with Crippen molar-refractivity contribution in [1.82, 2.24) is 5.32 Å². The molecule has 22 heavy (non-hydrogen) atoms. The molecule has 1 N–H and O–H groups in total. The minimum absolute atomic E-state index is 0.0602. The molecule has 3 rings (SSSR count). The van der Waals surface area contributed by atoms with Crippen LogP contribution < -0.4 is 5.32 Å². The molecule has 1 atom stereocenters. The van der Waals surface area contributed by atoms with Crippen LogP contribution in [-0.4, -0.2) is 10.1 Å². The van der Waals surface area contributed by atoms with Crippen molar-refractivity contribution in [2.45, 2.75) is 11.4 Å². The Morgan fingerprint density at radius 1 is 1.14 bits per heavy atom. The second-order valence-corrected chi connectivity index (χ2v) is 6.48. The molecule has 0 spiro atoms. The van der Waals surface area contributed by atoms with E-state index in [1.165, 1.54) is 12.1 Å². The molecule has 1 heterocycles. The van der Waals surface area contributed by atoms with Crippen LogP contribution in [0, 0.1) is 5.82 Å². The number of benzene rings is 2. The molecule has 6 heteroatoms. The zero-order valence-corrected chi connectivity index (χ0v) is 12.9. The van der Waals surface area contributed by atoms with Crippen molar-refractivity contribution in [2.75, 3.05) is 0 Å². The van der Waals surface area contributed by atoms with Gasteiger partial charge < -0.3 is 5.32 Å². The van der Waals surface area contributed by atoms with Crippen LogP contribution in [0.1, 0.15) is 11.1 Å². The molecular formula is C16H11ClFNO2S. The molecule has 0 bridgehead atoms. The topological polar surface area (TPSA) is 46.2 Å². The predicted molar refractivity (Wildman–Crippen MR) is 83.9 cm³/mol. The van der Waals surface area contributed by atoms with Crippen LogP contribution in [-0.2, 0) is 22.1 Å². The maximum Gasteiger partial charge on any atom is 0.262 e. The lowest BCUT2D eigenvalue weighted by Crippen LogP contribution is -2.25. The van der Waals surface area contributed by atoms with Gasteiger partial charge in [0.15, 0.2) is 0 Å². The third kappa shape index (κ3) is 2.69. The van der Waals surface area contributed by atoms with Gasteiger partial charge in [-0.1, -0.05) is 41.9 Å². The molecule has 1 amide bonds. The molecular weight excluding hydrogens is 325 g/mol. The van der Waals surface area contributed by atoms with Gasteiger partial charge in [-0.3, -0.25) is 4.79 Å². The van der Waals surface area contributed by atoms with Gasteiger partial charge in [-0.05, 0) is 23.8 Å². The quantitative estimate of drug-likeness (QED) is 0.936. The SMILES string of the molecule is O=C(NCc1ccc(F)cc1)C1=C(Cl)c2ccccc2S1=O. The Morgan fingerprint density at radius 3 is 2.50 bits per heavy atom. The number of halogens is 2. The Morgan fingerprint density at radius 2 is 1.82 bits per heavy atom. The van der Waals surface area contributed by atoms with Crippen molar-refractivity contribution >= 4 is 33.3 Å². The summed E-state index contributed by atoms with van der Waals surface area (Å²) in [4.78, 5) is 12.9. The van der Waals surface area contributed by atoms with E-state index in [0.29, 0.717) is 10.5 Å². The molecule has 2 aromatic carbocycles. The molecule has 0 aromatic heterocycles. The minimum Gasteiger partial charge on any atom is -0.347 e. The summed E-state index contributed by atoms with van der Waals surface area (Å²) in [7, 11) is -1.58. The Kier molecular flexibility index (Phi) is 4.09. The Bertz CT molecular complexity index is 802. The average molecular weight is 336 g/mol. The first kappa shape index (κ1) is 14.9. The molecule has 0 fully saturated rings. The van der Waals surface area contributed by atoms with Gasteiger partial charge in [0, 0.05) is 12.1 Å². The number of rotatable bonds is 3. The highest BCUT2D eigenvalue weighted by Gasteiger charge is 2.31. The van der Waals surface area contributed by atoms with Crippen LogP contribution in [0.2, 0.25) is 0 Å². The largest absolute Gasteiger partial charge is 0.347 e. The van der Waals surface area contributed by atoms with Crippen LogP contribution in [0.15, 0.2) is 58.3 Å². The van der Waals surface area contributed by atoms with Gasteiger partial charge in [0.2, 0.25) is 0 Å². The zero-order chi connectivity index (χ0) is 15.7. The Labute approximate surface area is 134 Å². The van der Waals surface area contributed by atoms with Gasteiger partial charge in [0.25, 0.3) is 5.91 Å². The smallest absolute Gasteiger partial charge is 0.262 e. The van der Waals surface area contributed by atoms with E-state index in [-0.39, 0.29) is 22.3 Å². The lowest BCUT2D eigenvalue weighted by atomic mass is 10.2. The van der Waals surface area contributed by atoms with E-state index in [1.807, 2.05) is 0 Å². The van der Waals surface area contributed by atoms with Gasteiger partial charge in [0.1, 0.15) is 10.7 Å². The highest BCUT2D eigenvalue weighted by Crippen LogP contribution is 2.38. The lowest BCUT2D eigenvalue weighted by Gasteiger charge is -2.06. The van der Waals surface area contributed by atoms with Gasteiger partial charge in [-0.15, -0.1) is 0 Å². The molecule has 0 aliphatic carbocycles. The number of nitrogens with one attached hydrogen (secondary N) is 1. The fraction of sp³-hybridized carbons (Fsp3) is 0.0625. The van der Waals surface area contributed by atoms with E-state index in [0.717, 1.165) is 5.56 Å². The van der Waals surface area contributed by atoms with Gasteiger partial charge >= 0.3 is 0 Å². The Balaban J connectivity index is 1.77. The van der Waals surface area contributed by atoms with Crippen LogP contribution in [0.25, 0.3) is 5.03 Å². The fourth-order valence-electron chi connectivity index (χ4n) is 2.17. The molecule has 112 valence electrons. The number of hydrogen-bond donors (Lipinski definition) is 1. The second-order valence-electron chi connectivity index (χ2n) is 4.72. The number of carbonyl (C=O) groups is 1. The number of fused-ring (bicyclic) bond motifs is 1. The summed E-state index contributed by atoms with van der Waals surface area (Å²) in [6.07, 6.45) is 0. The molecule has 0 saturated heterocycles. The summed E-state index contributed by atoms with van der Waals surface area (Å²) in [6, 6.07) is 12.7. The predicted octanol–water partition coefficient (Wildman–Crippen LogP) is 3.17. The van der Waals surface area contributed by atoms with Crippen molar-refractivity contribution in [3.8, 4) is 0 Å². The Hall–Kier alpha value is -1.98. The monoisotopic (exact) mass is 335 g/mol. The number of carbonyl (C=O) groups excluding carboxylic acids is 1. The lowest BCUT2D eigenvalue weighted by molar-refractivity contribution is -0.116. The summed E-state index contributed by atoms with van der Waals surface area (Å²) < 4.78 is 25.2. The summed E-state index contributed by atoms with van der Waals surface area (Å²) in [5, 5.41) is 2.87. The van der Waals surface area contributed by atoms with Crippen LogP contribution in [0.3, 0.4) is 0 Å². The third-order valence-electron chi connectivity index (χ3n) is 3.28. The summed E-state index contributed by atoms with van der Waals surface area (Å²) >= 11 is 6.18. The van der Waals surface area contributed by atoms with E-state index in [9.17, 15) is 13.4 Å². The van der Waals surface area contributed by atoms with E-state index >= 15 is 0 Å². The van der Waals surface area contributed by atoms with Crippen LogP contribution in [0.5, 0.6) is 0 Å². The van der Waals surface area contributed by atoms with Crippen LogP contribution in [0.4, 0.5) is 4.39 Å². The first-order valence-corrected chi connectivity index (χ1v) is 8.04. The summed E-state index contributed by atoms with van der Waals surface area (Å²) in [5.41, 5.74) is 1.36. The fourth-order valence-corrected chi connectivity index (χ4v) is 3.99. The van der Waals surface area contributed by atoms with Gasteiger partial charge in [-0.25, -0.2) is 8.60 Å². The van der Waals surface area contributed by atoms with E-state index in [2.05, 4.69) is 5.32 Å². The van der Waals surface area contributed by atoms with Crippen molar-refractivity contribution in [3.63, 3.8) is 0 Å². The first-order chi connectivity index (χ1) is 10.6. The highest BCUT2D eigenvalue weighted by molar-refractivity contribution is 7.91. The van der Waals surface area contributed by atoms with E-state index < -0.39 is 16.7 Å². The highest BCUT2D eigenvalue weighted by atomic mass is 35.5. The zero-order valence-electron chi connectivity index (χ0n) is 11.3. The summed E-state index contributed by atoms with van der Waals surface area (Å²) in [5.74, 6) is -0.822. The van der Waals surface area contributed by atoms with Crippen molar-refractivity contribution in [3.05, 3.63) is 70.4 Å². The maximum absolute atomic E-state index is 12.8. The molecule has 1 unspecified atom stereocenters. The molecule has 0 saturated carbocycles. The molecule has 3 nitrogen and oxygen atoms in total. The van der Waals surface area contributed by atoms with Crippen molar-refractivity contribution in [2.24, 2.45) is 0 Å². The average Bonchev–Trinajstić information content (AvgIpc) is 2.79. The van der Waals surface area contributed by atoms with Gasteiger partial charge in [0.05, 0.1) is 20.7 Å². The van der Waals surface area contributed by atoms with Crippen molar-refractivity contribution in [1.29, 1.82) is 0 Å². The standard InChI is InChI=1S/C16H11ClFNO2S/c17-14-12-3-1-2-4-13(12)22(21)15(14)16(20)19-9-10-5-7-11(18)8-6-10/h1-8H,9H2,(H,19,20). The maximum atomic E-state index is 12.8. The normalized spacial score (nSPS) is 16.5. The van der Waals surface area contributed by atoms with Crippen molar-refractivity contribution < 1.29 is 13.4 Å². The minimum atomic E-state index is -1.58. The van der Waals surface area contributed by atoms with Crippen LogP contribution >= 0.6 is 11.6 Å². The summed E-state index contributed by atoms with van der Waals surface area (Å²) in [6.45, 7) is 0.209. The second kappa shape index (κ2) is 6.02.